The molecule has 100 valence electrons. The van der Waals surface area contributed by atoms with E-state index in [1.54, 1.807) is 0 Å². The second-order valence-corrected chi connectivity index (χ2v) is 4.65. The van der Waals surface area contributed by atoms with E-state index in [1.807, 2.05) is 26.8 Å². The number of oxime groups is 1. The van der Waals surface area contributed by atoms with Crippen LogP contribution in [0.15, 0.2) is 17.3 Å². The van der Waals surface area contributed by atoms with Crippen LogP contribution in [0.1, 0.15) is 36.5 Å². The highest BCUT2D eigenvalue weighted by atomic mass is 16.5. The number of aryl methyl sites for hydroxylation is 2. The molecule has 0 fully saturated rings. The van der Waals surface area contributed by atoms with E-state index < -0.39 is 0 Å². The molecule has 0 radical (unpaired) electrons. The van der Waals surface area contributed by atoms with Gasteiger partial charge in [0, 0.05) is 6.42 Å². The molecule has 0 aliphatic heterocycles. The van der Waals surface area contributed by atoms with Gasteiger partial charge in [-0.3, -0.25) is 0 Å². The molecule has 0 aliphatic carbocycles. The van der Waals surface area contributed by atoms with Gasteiger partial charge in [-0.15, -0.1) is 0 Å². The maximum atomic E-state index is 8.60. The highest BCUT2D eigenvalue weighted by Gasteiger charge is 2.13. The second-order valence-electron chi connectivity index (χ2n) is 4.65. The molecule has 1 atom stereocenters. The summed E-state index contributed by atoms with van der Waals surface area (Å²) in [6, 6.07) is 4.16. The average molecular weight is 250 g/mol. The maximum Gasteiger partial charge on any atom is 0.142 e. The van der Waals surface area contributed by atoms with Crippen LogP contribution in [0.25, 0.3) is 0 Å². The molecule has 0 heterocycles. The number of nitrogens with two attached hydrogens (primary N) is 1. The molecule has 1 aromatic carbocycles. The van der Waals surface area contributed by atoms with Gasteiger partial charge in [0.05, 0.1) is 0 Å². The van der Waals surface area contributed by atoms with E-state index in [0.29, 0.717) is 6.42 Å². The summed E-state index contributed by atoms with van der Waals surface area (Å²) in [5.41, 5.74) is 9.04. The van der Waals surface area contributed by atoms with Crippen LogP contribution in [-0.2, 0) is 0 Å². The fraction of sp³-hybridized carbons (Fsp3) is 0.500. The number of amidine groups is 1. The fourth-order valence-electron chi connectivity index (χ4n) is 1.85. The predicted octanol–water partition coefficient (Wildman–Crippen LogP) is 2.91. The summed E-state index contributed by atoms with van der Waals surface area (Å²) >= 11 is 0. The molecule has 1 rings (SSSR count). The first-order chi connectivity index (χ1) is 8.47. The van der Waals surface area contributed by atoms with Crippen molar-refractivity contribution in [3.63, 3.8) is 0 Å². The van der Waals surface area contributed by atoms with Gasteiger partial charge in [0.15, 0.2) is 0 Å². The molecule has 4 nitrogen and oxygen atoms in total. The predicted molar refractivity (Wildman–Crippen MR) is 73.4 cm³/mol. The lowest BCUT2D eigenvalue weighted by Crippen LogP contribution is -2.25. The molecule has 0 bridgehead atoms. The van der Waals surface area contributed by atoms with Crippen molar-refractivity contribution < 1.29 is 9.94 Å². The SMILES string of the molecule is CCC(C/C(N)=N/O)Oc1cc(C)cc(C)c1C. The minimum absolute atomic E-state index is 0.0687. The third kappa shape index (κ3) is 3.65. The lowest BCUT2D eigenvalue weighted by atomic mass is 10.1. The lowest BCUT2D eigenvalue weighted by molar-refractivity contribution is 0.201. The zero-order valence-electron chi connectivity index (χ0n) is 11.5. The quantitative estimate of drug-likeness (QED) is 0.365. The van der Waals surface area contributed by atoms with E-state index >= 15 is 0 Å². The fourth-order valence-corrected chi connectivity index (χ4v) is 1.85. The Labute approximate surface area is 108 Å². The highest BCUT2D eigenvalue weighted by molar-refractivity contribution is 5.80. The van der Waals surface area contributed by atoms with E-state index in [9.17, 15) is 0 Å². The molecule has 0 spiro atoms. The molecule has 4 heteroatoms. The first-order valence-corrected chi connectivity index (χ1v) is 6.18. The summed E-state index contributed by atoms with van der Waals surface area (Å²) in [6.45, 7) is 8.18. The van der Waals surface area contributed by atoms with Crippen molar-refractivity contribution in [2.45, 2.75) is 46.6 Å². The third-order valence-electron chi connectivity index (χ3n) is 3.08. The van der Waals surface area contributed by atoms with Gasteiger partial charge in [-0.25, -0.2) is 0 Å². The Morgan fingerprint density at radius 3 is 2.61 bits per heavy atom. The van der Waals surface area contributed by atoms with E-state index in [4.69, 9.17) is 15.7 Å². The van der Waals surface area contributed by atoms with Crippen molar-refractivity contribution in [2.75, 3.05) is 0 Å². The van der Waals surface area contributed by atoms with E-state index in [1.165, 1.54) is 11.1 Å². The molecule has 1 aromatic rings. The van der Waals surface area contributed by atoms with Crippen molar-refractivity contribution >= 4 is 5.84 Å². The molecule has 1 unspecified atom stereocenters. The van der Waals surface area contributed by atoms with Gasteiger partial charge >= 0.3 is 0 Å². The molecule has 0 amide bonds. The van der Waals surface area contributed by atoms with Crippen LogP contribution in [0, 0.1) is 20.8 Å². The van der Waals surface area contributed by atoms with Gasteiger partial charge in [0.1, 0.15) is 17.7 Å². The van der Waals surface area contributed by atoms with Crippen LogP contribution in [0.5, 0.6) is 5.75 Å². The molecular weight excluding hydrogens is 228 g/mol. The number of ether oxygens (including phenoxy) is 1. The Morgan fingerprint density at radius 2 is 2.06 bits per heavy atom. The van der Waals surface area contributed by atoms with Crippen LogP contribution < -0.4 is 10.5 Å². The summed E-state index contributed by atoms with van der Waals surface area (Å²) in [4.78, 5) is 0. The van der Waals surface area contributed by atoms with Gasteiger partial charge in [-0.1, -0.05) is 18.1 Å². The van der Waals surface area contributed by atoms with Crippen LogP contribution in [0.4, 0.5) is 0 Å². The molecule has 0 saturated carbocycles. The zero-order chi connectivity index (χ0) is 13.7. The van der Waals surface area contributed by atoms with Gasteiger partial charge in [-0.2, -0.15) is 0 Å². The van der Waals surface area contributed by atoms with Gasteiger partial charge < -0.3 is 15.7 Å². The summed E-state index contributed by atoms with van der Waals surface area (Å²) in [6.07, 6.45) is 1.17. The monoisotopic (exact) mass is 250 g/mol. The molecule has 0 saturated heterocycles. The van der Waals surface area contributed by atoms with Gasteiger partial charge in [0.25, 0.3) is 0 Å². The smallest absolute Gasteiger partial charge is 0.142 e. The number of rotatable bonds is 5. The summed E-state index contributed by atoms with van der Waals surface area (Å²) in [5.74, 6) is 1.08. The third-order valence-corrected chi connectivity index (χ3v) is 3.08. The Kier molecular flexibility index (Phi) is 5.01. The van der Waals surface area contributed by atoms with E-state index in [-0.39, 0.29) is 11.9 Å². The normalized spacial score (nSPS) is 13.4. The molecule has 0 aromatic heterocycles. The average Bonchev–Trinajstić information content (AvgIpc) is 2.34. The zero-order valence-corrected chi connectivity index (χ0v) is 11.5. The molecular formula is C14H22N2O2. The second kappa shape index (κ2) is 6.28. The minimum atomic E-state index is -0.0687. The Hall–Kier alpha value is -1.71. The Morgan fingerprint density at radius 1 is 1.39 bits per heavy atom. The topological polar surface area (TPSA) is 67.8 Å². The highest BCUT2D eigenvalue weighted by Crippen LogP contribution is 2.25. The van der Waals surface area contributed by atoms with Crippen LogP contribution in [-0.4, -0.2) is 17.1 Å². The van der Waals surface area contributed by atoms with Crippen molar-refractivity contribution in [1.82, 2.24) is 0 Å². The summed E-state index contributed by atoms with van der Waals surface area (Å²) in [7, 11) is 0. The summed E-state index contributed by atoms with van der Waals surface area (Å²) in [5, 5.41) is 11.6. The Bertz CT molecular complexity index is 442. The standard InChI is InChI=1S/C14H22N2O2/c1-5-12(8-14(15)16-17)18-13-7-9(2)6-10(3)11(13)4/h6-7,12,17H,5,8H2,1-4H3,(H2,15,16). The Balaban J connectivity index is 2.88. The number of nitrogens with zero attached hydrogens (tertiary/aromatic N) is 1. The van der Waals surface area contributed by atoms with Crippen molar-refractivity contribution in [2.24, 2.45) is 10.9 Å². The first-order valence-electron chi connectivity index (χ1n) is 6.18. The van der Waals surface area contributed by atoms with E-state index in [2.05, 4.69) is 18.1 Å². The number of benzene rings is 1. The molecule has 3 N–H and O–H groups in total. The number of hydrogen-bond acceptors (Lipinski definition) is 3. The molecule has 0 aliphatic rings. The van der Waals surface area contributed by atoms with Crippen LogP contribution in [0.3, 0.4) is 0 Å². The van der Waals surface area contributed by atoms with Crippen molar-refractivity contribution in [3.05, 3.63) is 28.8 Å². The first kappa shape index (κ1) is 14.4. The largest absolute Gasteiger partial charge is 0.490 e. The van der Waals surface area contributed by atoms with Crippen LogP contribution in [0.2, 0.25) is 0 Å². The van der Waals surface area contributed by atoms with E-state index in [0.717, 1.165) is 17.7 Å². The maximum absolute atomic E-state index is 8.60. The molecule has 18 heavy (non-hydrogen) atoms. The summed E-state index contributed by atoms with van der Waals surface area (Å²) < 4.78 is 5.96. The van der Waals surface area contributed by atoms with Crippen LogP contribution >= 0.6 is 0 Å². The minimum Gasteiger partial charge on any atom is -0.490 e. The van der Waals surface area contributed by atoms with Crippen molar-refractivity contribution in [3.8, 4) is 5.75 Å². The van der Waals surface area contributed by atoms with Gasteiger partial charge in [-0.05, 0) is 49.9 Å². The number of hydrogen-bond donors (Lipinski definition) is 2. The van der Waals surface area contributed by atoms with Crippen molar-refractivity contribution in [1.29, 1.82) is 0 Å². The van der Waals surface area contributed by atoms with Gasteiger partial charge in [0.2, 0.25) is 0 Å². The lowest BCUT2D eigenvalue weighted by Gasteiger charge is -2.19.